The number of carbonyl (C=O) groups is 2. The van der Waals surface area contributed by atoms with Gasteiger partial charge in [-0.3, -0.25) is 9.59 Å². The van der Waals surface area contributed by atoms with Crippen molar-refractivity contribution in [3.05, 3.63) is 94.0 Å². The number of alkyl halides is 3. The number of primary amides is 1. The summed E-state index contributed by atoms with van der Waals surface area (Å²) in [5.74, 6) is -1.66. The molecule has 0 spiro atoms. The fourth-order valence-electron chi connectivity index (χ4n) is 4.12. The Kier molecular flexibility index (Phi) is 7.22. The molecule has 0 aliphatic carbocycles. The normalized spacial score (nSPS) is 11.6. The SMILES string of the molecule is Cc1ccc(C)c(OCn2ccc(C(=O)Nc3c(C(N)=O)sc4nc(C(F)(F)F)cc(-c5ccc(F)cc5)c34)n2)c1. The first kappa shape index (κ1) is 27.8. The lowest BCUT2D eigenvalue weighted by Gasteiger charge is -2.12. The van der Waals surface area contributed by atoms with Crippen molar-refractivity contribution in [2.45, 2.75) is 26.8 Å². The van der Waals surface area contributed by atoms with E-state index >= 15 is 0 Å². The molecule has 2 aromatic carbocycles. The van der Waals surface area contributed by atoms with Gasteiger partial charge in [0.25, 0.3) is 11.8 Å². The number of aromatic nitrogens is 3. The van der Waals surface area contributed by atoms with E-state index in [2.05, 4.69) is 15.4 Å². The summed E-state index contributed by atoms with van der Waals surface area (Å²) in [6.07, 6.45) is -3.29. The minimum Gasteiger partial charge on any atom is -0.471 e. The monoisotopic (exact) mass is 583 g/mol. The van der Waals surface area contributed by atoms with Crippen molar-refractivity contribution < 1.29 is 31.9 Å². The zero-order valence-corrected chi connectivity index (χ0v) is 22.4. The Balaban J connectivity index is 1.51. The van der Waals surface area contributed by atoms with Gasteiger partial charge in [-0.05, 0) is 66.4 Å². The number of ether oxygens (including phenoxy) is 1. The zero-order valence-electron chi connectivity index (χ0n) is 21.5. The van der Waals surface area contributed by atoms with Gasteiger partial charge in [0, 0.05) is 11.6 Å². The number of nitrogens with zero attached hydrogens (tertiary/aromatic N) is 3. The fourth-order valence-corrected chi connectivity index (χ4v) is 5.13. The molecule has 3 heterocycles. The molecule has 0 atom stereocenters. The summed E-state index contributed by atoms with van der Waals surface area (Å²) < 4.78 is 61.9. The number of aryl methyl sites for hydroxylation is 2. The lowest BCUT2D eigenvalue weighted by Crippen LogP contribution is -2.18. The van der Waals surface area contributed by atoms with Crippen LogP contribution >= 0.6 is 11.3 Å². The molecule has 5 aromatic rings. The van der Waals surface area contributed by atoms with Gasteiger partial charge in [0.1, 0.15) is 27.0 Å². The summed E-state index contributed by atoms with van der Waals surface area (Å²) >= 11 is 0.605. The molecule has 0 bridgehead atoms. The lowest BCUT2D eigenvalue weighted by atomic mass is 10.0. The summed E-state index contributed by atoms with van der Waals surface area (Å²) in [5.41, 5.74) is 6.26. The minimum absolute atomic E-state index is 0.00431. The van der Waals surface area contributed by atoms with Crippen molar-refractivity contribution in [1.82, 2.24) is 14.8 Å². The average Bonchev–Trinajstić information content (AvgIpc) is 3.54. The van der Waals surface area contributed by atoms with Gasteiger partial charge in [-0.1, -0.05) is 24.3 Å². The molecule has 5 rings (SSSR count). The van der Waals surface area contributed by atoms with Crippen LogP contribution in [0.1, 0.15) is 37.0 Å². The van der Waals surface area contributed by atoms with Crippen molar-refractivity contribution in [3.8, 4) is 16.9 Å². The molecule has 0 fully saturated rings. The zero-order chi connectivity index (χ0) is 29.5. The molecule has 0 unspecified atom stereocenters. The molecule has 8 nitrogen and oxygen atoms in total. The first-order valence-electron chi connectivity index (χ1n) is 12.1. The van der Waals surface area contributed by atoms with E-state index in [0.29, 0.717) is 17.1 Å². The number of hydrogen-bond donors (Lipinski definition) is 2. The number of carbonyl (C=O) groups excluding carboxylic acids is 2. The Hall–Kier alpha value is -4.78. The van der Waals surface area contributed by atoms with Gasteiger partial charge < -0.3 is 15.8 Å². The van der Waals surface area contributed by atoms with Crippen molar-refractivity contribution >= 4 is 39.1 Å². The number of nitrogens with one attached hydrogen (secondary N) is 1. The van der Waals surface area contributed by atoms with Crippen molar-refractivity contribution in [1.29, 1.82) is 0 Å². The second-order valence-corrected chi connectivity index (χ2v) is 10.1. The van der Waals surface area contributed by atoms with Crippen LogP contribution in [0.25, 0.3) is 21.3 Å². The number of nitrogens with two attached hydrogens (primary N) is 1. The fraction of sp³-hybridized carbons (Fsp3) is 0.143. The number of benzene rings is 2. The second-order valence-electron chi connectivity index (χ2n) is 9.15. The van der Waals surface area contributed by atoms with Gasteiger partial charge in [0.2, 0.25) is 0 Å². The predicted octanol–water partition coefficient (Wildman–Crippen LogP) is 6.32. The number of halogens is 4. The lowest BCUT2D eigenvalue weighted by molar-refractivity contribution is -0.140. The van der Waals surface area contributed by atoms with E-state index in [-0.39, 0.29) is 44.3 Å². The standard InChI is InChI=1S/C28H21F4N5O3S/c1-14-3-4-15(2)20(11-14)40-13-37-10-9-19(36-37)26(39)35-23-22-18(16-5-7-17(29)8-6-16)12-21(28(30,31)32)34-27(22)41-24(23)25(33)38/h3-12H,13H2,1-2H3,(H2,33,38)(H,35,39). The van der Waals surface area contributed by atoms with Crippen LogP contribution in [0.5, 0.6) is 5.75 Å². The van der Waals surface area contributed by atoms with Gasteiger partial charge in [-0.25, -0.2) is 14.1 Å². The van der Waals surface area contributed by atoms with E-state index in [9.17, 15) is 27.2 Å². The molecule has 41 heavy (non-hydrogen) atoms. The van der Waals surface area contributed by atoms with Crippen LogP contribution in [0.15, 0.2) is 60.8 Å². The Bertz CT molecular complexity index is 1800. The predicted molar refractivity (Wildman–Crippen MR) is 145 cm³/mol. The third-order valence-electron chi connectivity index (χ3n) is 6.14. The number of thiophene rings is 1. The number of amides is 2. The molecule has 3 aromatic heterocycles. The summed E-state index contributed by atoms with van der Waals surface area (Å²) in [6, 6.07) is 12.7. The van der Waals surface area contributed by atoms with Crippen LogP contribution in [0.4, 0.5) is 23.2 Å². The molecule has 0 aliphatic rings. The maximum absolute atomic E-state index is 13.7. The topological polar surface area (TPSA) is 112 Å². The highest BCUT2D eigenvalue weighted by Crippen LogP contribution is 2.43. The van der Waals surface area contributed by atoms with E-state index in [1.165, 1.54) is 29.1 Å². The van der Waals surface area contributed by atoms with E-state index in [1.54, 1.807) is 0 Å². The highest BCUT2D eigenvalue weighted by Gasteiger charge is 2.35. The molecule has 2 amide bonds. The molecule has 0 saturated heterocycles. The summed E-state index contributed by atoms with van der Waals surface area (Å²) in [5, 5.41) is 6.83. The highest BCUT2D eigenvalue weighted by atomic mass is 32.1. The average molecular weight is 584 g/mol. The van der Waals surface area contributed by atoms with Crippen LogP contribution in [0.3, 0.4) is 0 Å². The Morgan fingerprint density at radius 1 is 1.07 bits per heavy atom. The highest BCUT2D eigenvalue weighted by molar-refractivity contribution is 7.21. The minimum atomic E-state index is -4.81. The number of hydrogen-bond acceptors (Lipinski definition) is 6. The van der Waals surface area contributed by atoms with Gasteiger partial charge >= 0.3 is 6.18 Å². The first-order valence-corrected chi connectivity index (χ1v) is 12.9. The number of fused-ring (bicyclic) bond motifs is 1. The summed E-state index contributed by atoms with van der Waals surface area (Å²) in [4.78, 5) is 28.8. The van der Waals surface area contributed by atoms with Crippen LogP contribution < -0.4 is 15.8 Å². The van der Waals surface area contributed by atoms with Crippen molar-refractivity contribution in [2.75, 3.05) is 5.32 Å². The largest absolute Gasteiger partial charge is 0.471 e. The molecule has 13 heteroatoms. The van der Waals surface area contributed by atoms with Crippen LogP contribution in [0.2, 0.25) is 0 Å². The van der Waals surface area contributed by atoms with Crippen LogP contribution in [-0.2, 0) is 12.9 Å². The first-order chi connectivity index (χ1) is 19.4. The second kappa shape index (κ2) is 10.7. The van der Waals surface area contributed by atoms with Gasteiger partial charge in [-0.15, -0.1) is 11.3 Å². The molecular weight excluding hydrogens is 562 g/mol. The van der Waals surface area contributed by atoms with Gasteiger partial charge in [-0.2, -0.15) is 18.3 Å². The molecule has 0 radical (unpaired) electrons. The van der Waals surface area contributed by atoms with Crippen LogP contribution in [-0.4, -0.2) is 26.6 Å². The Morgan fingerprint density at radius 2 is 1.80 bits per heavy atom. The molecule has 210 valence electrons. The maximum Gasteiger partial charge on any atom is 0.433 e. The summed E-state index contributed by atoms with van der Waals surface area (Å²) in [7, 11) is 0. The Morgan fingerprint density at radius 3 is 2.49 bits per heavy atom. The number of pyridine rings is 1. The maximum atomic E-state index is 13.7. The smallest absolute Gasteiger partial charge is 0.433 e. The molecule has 0 aliphatic heterocycles. The van der Waals surface area contributed by atoms with E-state index in [4.69, 9.17) is 10.5 Å². The molecular formula is C28H21F4N5O3S. The van der Waals surface area contributed by atoms with Crippen molar-refractivity contribution in [2.24, 2.45) is 5.73 Å². The van der Waals surface area contributed by atoms with Crippen molar-refractivity contribution in [3.63, 3.8) is 0 Å². The third-order valence-corrected chi connectivity index (χ3v) is 7.24. The quantitative estimate of drug-likeness (QED) is 0.218. The van der Waals surface area contributed by atoms with Gasteiger partial charge in [0.15, 0.2) is 12.4 Å². The number of anilines is 1. The third kappa shape index (κ3) is 5.75. The van der Waals surface area contributed by atoms with Gasteiger partial charge in [0.05, 0.1) is 5.69 Å². The number of rotatable bonds is 7. The molecule has 3 N–H and O–H groups in total. The summed E-state index contributed by atoms with van der Waals surface area (Å²) in [6.45, 7) is 3.83. The van der Waals surface area contributed by atoms with Crippen LogP contribution in [0, 0.1) is 19.7 Å². The van der Waals surface area contributed by atoms with E-state index < -0.39 is 29.5 Å². The van der Waals surface area contributed by atoms with E-state index in [0.717, 1.165) is 29.3 Å². The Labute approximate surface area is 234 Å². The molecule has 0 saturated carbocycles. The van der Waals surface area contributed by atoms with E-state index in [1.807, 2.05) is 32.0 Å².